The molecule has 1 aliphatic heterocycles. The fourth-order valence-electron chi connectivity index (χ4n) is 1.82. The SMILES string of the molecule is O=C(NCC1CCOC1)c1cccnc1SC(F)F. The molecule has 0 radical (unpaired) electrons. The molecule has 0 aromatic carbocycles. The summed E-state index contributed by atoms with van der Waals surface area (Å²) in [6.45, 7) is 1.83. The Morgan fingerprint density at radius 3 is 3.16 bits per heavy atom. The predicted octanol–water partition coefficient (Wildman–Crippen LogP) is 2.16. The van der Waals surface area contributed by atoms with Crippen molar-refractivity contribution in [3.05, 3.63) is 23.9 Å². The van der Waals surface area contributed by atoms with E-state index in [4.69, 9.17) is 4.74 Å². The van der Waals surface area contributed by atoms with E-state index in [0.29, 0.717) is 25.7 Å². The van der Waals surface area contributed by atoms with E-state index in [-0.39, 0.29) is 28.3 Å². The molecular weight excluding hydrogens is 274 g/mol. The average molecular weight is 288 g/mol. The van der Waals surface area contributed by atoms with Crippen molar-refractivity contribution < 1.29 is 18.3 Å². The van der Waals surface area contributed by atoms with E-state index in [1.54, 1.807) is 6.07 Å². The van der Waals surface area contributed by atoms with Crippen molar-refractivity contribution in [1.29, 1.82) is 0 Å². The molecule has 1 atom stereocenters. The van der Waals surface area contributed by atoms with Gasteiger partial charge in [0.05, 0.1) is 12.2 Å². The lowest BCUT2D eigenvalue weighted by atomic mass is 10.1. The van der Waals surface area contributed by atoms with Crippen LogP contribution < -0.4 is 5.32 Å². The van der Waals surface area contributed by atoms with Crippen LogP contribution >= 0.6 is 11.8 Å². The lowest BCUT2D eigenvalue weighted by Gasteiger charge is -2.11. The topological polar surface area (TPSA) is 51.2 Å². The fraction of sp³-hybridized carbons (Fsp3) is 0.500. The van der Waals surface area contributed by atoms with Gasteiger partial charge in [-0.1, -0.05) is 0 Å². The largest absolute Gasteiger partial charge is 0.381 e. The number of amides is 1. The molecule has 2 rings (SSSR count). The highest BCUT2D eigenvalue weighted by molar-refractivity contribution is 7.99. The first kappa shape index (κ1) is 14.2. The van der Waals surface area contributed by atoms with E-state index in [1.165, 1.54) is 12.3 Å². The highest BCUT2D eigenvalue weighted by Gasteiger charge is 2.19. The van der Waals surface area contributed by atoms with Gasteiger partial charge < -0.3 is 10.1 Å². The smallest absolute Gasteiger partial charge is 0.290 e. The van der Waals surface area contributed by atoms with Gasteiger partial charge in [-0.25, -0.2) is 4.98 Å². The Morgan fingerprint density at radius 2 is 2.47 bits per heavy atom. The molecule has 104 valence electrons. The molecule has 1 fully saturated rings. The number of ether oxygens (including phenoxy) is 1. The molecular formula is C12H14F2N2O2S. The van der Waals surface area contributed by atoms with Crippen LogP contribution in [-0.2, 0) is 4.74 Å². The third-order valence-corrected chi connectivity index (χ3v) is 3.52. The first-order valence-electron chi connectivity index (χ1n) is 5.92. The highest BCUT2D eigenvalue weighted by Crippen LogP contribution is 2.26. The maximum Gasteiger partial charge on any atom is 0.290 e. The van der Waals surface area contributed by atoms with Crippen molar-refractivity contribution >= 4 is 17.7 Å². The van der Waals surface area contributed by atoms with E-state index in [1.807, 2.05) is 0 Å². The van der Waals surface area contributed by atoms with Crippen molar-refractivity contribution in [3.63, 3.8) is 0 Å². The first-order chi connectivity index (χ1) is 9.16. The zero-order valence-corrected chi connectivity index (χ0v) is 11.0. The number of rotatable bonds is 5. The fourth-order valence-corrected chi connectivity index (χ4v) is 2.40. The molecule has 1 N–H and O–H groups in total. The summed E-state index contributed by atoms with van der Waals surface area (Å²) >= 11 is 0.282. The maximum absolute atomic E-state index is 12.4. The Kier molecular flexibility index (Phi) is 5.09. The summed E-state index contributed by atoms with van der Waals surface area (Å²) in [5, 5.41) is 2.79. The number of carbonyl (C=O) groups excluding carboxylic acids is 1. The van der Waals surface area contributed by atoms with Gasteiger partial charge in [-0.05, 0) is 30.3 Å². The number of hydrogen-bond acceptors (Lipinski definition) is 4. The molecule has 0 saturated carbocycles. The van der Waals surface area contributed by atoms with Crippen LogP contribution in [0, 0.1) is 5.92 Å². The number of pyridine rings is 1. The molecule has 1 unspecified atom stereocenters. The molecule has 0 bridgehead atoms. The van der Waals surface area contributed by atoms with Gasteiger partial charge >= 0.3 is 0 Å². The van der Waals surface area contributed by atoms with E-state index in [9.17, 15) is 13.6 Å². The Labute approximate surface area is 113 Å². The maximum atomic E-state index is 12.4. The van der Waals surface area contributed by atoms with Crippen LogP contribution in [0.2, 0.25) is 0 Å². The minimum atomic E-state index is -2.59. The van der Waals surface area contributed by atoms with E-state index >= 15 is 0 Å². The van der Waals surface area contributed by atoms with Crippen molar-refractivity contribution in [3.8, 4) is 0 Å². The predicted molar refractivity (Wildman–Crippen MR) is 67.4 cm³/mol. The highest BCUT2D eigenvalue weighted by atomic mass is 32.2. The second-order valence-corrected chi connectivity index (χ2v) is 5.15. The van der Waals surface area contributed by atoms with Gasteiger partial charge in [0.25, 0.3) is 11.7 Å². The summed E-state index contributed by atoms with van der Waals surface area (Å²) in [5.74, 6) is -2.67. The first-order valence-corrected chi connectivity index (χ1v) is 6.80. The van der Waals surface area contributed by atoms with Gasteiger partial charge in [0.1, 0.15) is 5.03 Å². The number of nitrogens with one attached hydrogen (secondary N) is 1. The zero-order valence-electron chi connectivity index (χ0n) is 10.1. The number of aromatic nitrogens is 1. The van der Waals surface area contributed by atoms with E-state index in [2.05, 4.69) is 10.3 Å². The average Bonchev–Trinajstić information content (AvgIpc) is 2.89. The lowest BCUT2D eigenvalue weighted by Crippen LogP contribution is -2.30. The number of alkyl halides is 2. The Morgan fingerprint density at radius 1 is 1.63 bits per heavy atom. The van der Waals surface area contributed by atoms with Crippen LogP contribution in [0.15, 0.2) is 23.4 Å². The van der Waals surface area contributed by atoms with Crippen molar-refractivity contribution in [1.82, 2.24) is 10.3 Å². The molecule has 1 amide bonds. The van der Waals surface area contributed by atoms with Gasteiger partial charge in [0.2, 0.25) is 0 Å². The zero-order chi connectivity index (χ0) is 13.7. The summed E-state index contributed by atoms with van der Waals surface area (Å²) < 4.78 is 29.9. The molecule has 4 nitrogen and oxygen atoms in total. The van der Waals surface area contributed by atoms with Crippen LogP contribution in [0.25, 0.3) is 0 Å². The molecule has 19 heavy (non-hydrogen) atoms. The summed E-state index contributed by atoms with van der Waals surface area (Å²) in [7, 11) is 0. The van der Waals surface area contributed by atoms with Crippen molar-refractivity contribution in [2.45, 2.75) is 17.2 Å². The van der Waals surface area contributed by atoms with Crippen molar-refractivity contribution in [2.75, 3.05) is 19.8 Å². The third-order valence-electron chi connectivity index (χ3n) is 2.79. The second-order valence-electron chi connectivity index (χ2n) is 4.17. The molecule has 0 spiro atoms. The lowest BCUT2D eigenvalue weighted by molar-refractivity contribution is 0.0941. The molecule has 0 aliphatic carbocycles. The summed E-state index contributed by atoms with van der Waals surface area (Å²) in [6, 6.07) is 3.06. The van der Waals surface area contributed by atoms with Crippen molar-refractivity contribution in [2.24, 2.45) is 5.92 Å². The normalized spacial score (nSPS) is 18.8. The van der Waals surface area contributed by atoms with E-state index < -0.39 is 5.76 Å². The molecule has 1 aliphatic rings. The quantitative estimate of drug-likeness (QED) is 0.844. The number of halogens is 2. The summed E-state index contributed by atoms with van der Waals surface area (Å²) in [4.78, 5) is 15.8. The number of hydrogen-bond donors (Lipinski definition) is 1. The monoisotopic (exact) mass is 288 g/mol. The number of thioether (sulfide) groups is 1. The van der Waals surface area contributed by atoms with Crippen LogP contribution in [0.3, 0.4) is 0 Å². The van der Waals surface area contributed by atoms with Crippen LogP contribution in [0.5, 0.6) is 0 Å². The second kappa shape index (κ2) is 6.81. The number of nitrogens with zero attached hydrogens (tertiary/aromatic N) is 1. The minimum Gasteiger partial charge on any atom is -0.381 e. The van der Waals surface area contributed by atoms with Crippen LogP contribution in [0.1, 0.15) is 16.8 Å². The van der Waals surface area contributed by atoms with Gasteiger partial charge in [0, 0.05) is 25.3 Å². The third kappa shape index (κ3) is 4.14. The van der Waals surface area contributed by atoms with Gasteiger partial charge in [0.15, 0.2) is 0 Å². The van der Waals surface area contributed by atoms with Gasteiger partial charge in [-0.3, -0.25) is 4.79 Å². The van der Waals surface area contributed by atoms with E-state index in [0.717, 1.165) is 6.42 Å². The minimum absolute atomic E-state index is 0.0534. The van der Waals surface area contributed by atoms with Gasteiger partial charge in [-0.15, -0.1) is 0 Å². The Hall–Kier alpha value is -1.21. The van der Waals surface area contributed by atoms with Crippen LogP contribution in [0.4, 0.5) is 8.78 Å². The Balaban J connectivity index is 1.97. The molecule has 1 saturated heterocycles. The molecule has 1 aromatic heterocycles. The molecule has 7 heteroatoms. The Bertz CT molecular complexity index is 439. The molecule has 1 aromatic rings. The summed E-state index contributed by atoms with van der Waals surface area (Å²) in [5.41, 5.74) is 0.187. The summed E-state index contributed by atoms with van der Waals surface area (Å²) in [6.07, 6.45) is 2.30. The number of carbonyl (C=O) groups is 1. The standard InChI is InChI=1S/C12H14F2N2O2S/c13-12(14)19-11-9(2-1-4-15-11)10(17)16-6-8-3-5-18-7-8/h1-2,4,8,12H,3,5-7H2,(H,16,17). The van der Waals surface area contributed by atoms with Crippen LogP contribution in [-0.4, -0.2) is 36.4 Å². The molecule has 2 heterocycles. The van der Waals surface area contributed by atoms with Gasteiger partial charge in [-0.2, -0.15) is 8.78 Å².